The van der Waals surface area contributed by atoms with Crippen LogP contribution in [0.1, 0.15) is 34.1 Å². The monoisotopic (exact) mass is 217 g/mol. The fourth-order valence-corrected chi connectivity index (χ4v) is 1.37. The Bertz CT molecular complexity index is 410. The second kappa shape index (κ2) is 5.85. The maximum atomic E-state index is 11.7. The molecule has 0 aliphatic heterocycles. The number of benzene rings is 1. The van der Waals surface area contributed by atoms with Gasteiger partial charge < -0.3 is 5.32 Å². The zero-order chi connectivity index (χ0) is 12.0. The first-order valence-electron chi connectivity index (χ1n) is 5.22. The lowest BCUT2D eigenvalue weighted by molar-refractivity contribution is 0.0936. The van der Waals surface area contributed by atoms with Crippen molar-refractivity contribution in [3.05, 3.63) is 48.0 Å². The van der Waals surface area contributed by atoms with Crippen molar-refractivity contribution >= 4 is 11.7 Å². The van der Waals surface area contributed by atoms with Crippen molar-refractivity contribution in [3.8, 4) is 0 Å². The van der Waals surface area contributed by atoms with Crippen molar-refractivity contribution in [3.63, 3.8) is 0 Å². The number of hydrogen-bond donors (Lipinski definition) is 1. The Kier molecular flexibility index (Phi) is 4.45. The van der Waals surface area contributed by atoms with Crippen molar-refractivity contribution < 1.29 is 9.59 Å². The molecule has 0 aliphatic carbocycles. The van der Waals surface area contributed by atoms with Gasteiger partial charge in [0, 0.05) is 18.5 Å². The van der Waals surface area contributed by atoms with E-state index in [9.17, 15) is 9.59 Å². The topological polar surface area (TPSA) is 46.2 Å². The highest BCUT2D eigenvalue weighted by molar-refractivity contribution is 6.07. The molecule has 0 spiro atoms. The van der Waals surface area contributed by atoms with Crippen molar-refractivity contribution in [2.24, 2.45) is 0 Å². The molecule has 0 radical (unpaired) electrons. The SMILES string of the molecule is C=CCNC(=O)c1ccccc1C(=O)CC. The first kappa shape index (κ1) is 12.2. The van der Waals surface area contributed by atoms with Gasteiger partial charge in [0.1, 0.15) is 0 Å². The van der Waals surface area contributed by atoms with Crippen LogP contribution in [0.25, 0.3) is 0 Å². The second-order valence-corrected chi connectivity index (χ2v) is 3.32. The van der Waals surface area contributed by atoms with E-state index < -0.39 is 0 Å². The van der Waals surface area contributed by atoms with Crippen LogP contribution in [0.4, 0.5) is 0 Å². The van der Waals surface area contributed by atoms with E-state index in [1.54, 1.807) is 37.3 Å². The lowest BCUT2D eigenvalue weighted by atomic mass is 10.0. The number of ketones is 1. The van der Waals surface area contributed by atoms with Gasteiger partial charge in [-0.25, -0.2) is 0 Å². The molecule has 0 fully saturated rings. The van der Waals surface area contributed by atoms with Crippen LogP contribution in [0.2, 0.25) is 0 Å². The summed E-state index contributed by atoms with van der Waals surface area (Å²) in [5.74, 6) is -0.262. The standard InChI is InChI=1S/C13H15NO2/c1-3-9-14-13(16)11-8-6-5-7-10(11)12(15)4-2/h3,5-8H,1,4,9H2,2H3,(H,14,16). The first-order chi connectivity index (χ1) is 7.70. The quantitative estimate of drug-likeness (QED) is 0.607. The molecule has 3 nitrogen and oxygen atoms in total. The number of rotatable bonds is 5. The minimum atomic E-state index is -0.239. The van der Waals surface area contributed by atoms with Gasteiger partial charge in [0.25, 0.3) is 5.91 Å². The lowest BCUT2D eigenvalue weighted by Gasteiger charge is -2.07. The molecule has 0 bridgehead atoms. The van der Waals surface area contributed by atoms with E-state index in [1.807, 2.05) is 0 Å². The molecular formula is C13H15NO2. The van der Waals surface area contributed by atoms with Gasteiger partial charge in [-0.2, -0.15) is 0 Å². The fourth-order valence-electron chi connectivity index (χ4n) is 1.37. The van der Waals surface area contributed by atoms with Crippen LogP contribution in [-0.4, -0.2) is 18.2 Å². The maximum absolute atomic E-state index is 11.7. The summed E-state index contributed by atoms with van der Waals surface area (Å²) in [5, 5.41) is 2.66. The Morgan fingerprint density at radius 2 is 1.94 bits per heavy atom. The third kappa shape index (κ3) is 2.79. The molecular weight excluding hydrogens is 202 g/mol. The summed E-state index contributed by atoms with van der Waals surface area (Å²) in [7, 11) is 0. The van der Waals surface area contributed by atoms with Crippen LogP contribution in [0, 0.1) is 0 Å². The Morgan fingerprint density at radius 3 is 2.50 bits per heavy atom. The molecule has 1 amide bonds. The minimum Gasteiger partial charge on any atom is -0.349 e. The van der Waals surface area contributed by atoms with E-state index in [0.717, 1.165) is 0 Å². The highest BCUT2D eigenvalue weighted by Gasteiger charge is 2.14. The normalized spacial score (nSPS) is 9.56. The third-order valence-corrected chi connectivity index (χ3v) is 2.20. The number of carbonyl (C=O) groups excluding carboxylic acids is 2. The number of Topliss-reactive ketones (excluding diaryl/α,β-unsaturated/α-hetero) is 1. The Labute approximate surface area is 95.2 Å². The van der Waals surface area contributed by atoms with Crippen LogP contribution in [0.15, 0.2) is 36.9 Å². The van der Waals surface area contributed by atoms with Gasteiger partial charge in [-0.15, -0.1) is 6.58 Å². The highest BCUT2D eigenvalue weighted by atomic mass is 16.2. The third-order valence-electron chi connectivity index (χ3n) is 2.20. The second-order valence-electron chi connectivity index (χ2n) is 3.32. The predicted octanol–water partition coefficient (Wildman–Crippen LogP) is 2.20. The predicted molar refractivity (Wildman–Crippen MR) is 63.6 cm³/mol. The van der Waals surface area contributed by atoms with Crippen molar-refractivity contribution in [1.29, 1.82) is 0 Å². The van der Waals surface area contributed by atoms with Crippen molar-refractivity contribution in [1.82, 2.24) is 5.32 Å². The molecule has 1 rings (SSSR count). The zero-order valence-corrected chi connectivity index (χ0v) is 9.32. The van der Waals surface area contributed by atoms with Gasteiger partial charge >= 0.3 is 0 Å². The number of nitrogens with one attached hydrogen (secondary N) is 1. The summed E-state index contributed by atoms with van der Waals surface area (Å²) in [6.07, 6.45) is 1.99. The zero-order valence-electron chi connectivity index (χ0n) is 9.32. The summed E-state index contributed by atoms with van der Waals surface area (Å²) in [6.45, 7) is 5.69. The van der Waals surface area contributed by atoms with E-state index >= 15 is 0 Å². The largest absolute Gasteiger partial charge is 0.349 e. The molecule has 0 unspecified atom stereocenters. The van der Waals surface area contributed by atoms with E-state index in [1.165, 1.54) is 0 Å². The van der Waals surface area contributed by atoms with Gasteiger partial charge in [0.15, 0.2) is 5.78 Å². The van der Waals surface area contributed by atoms with E-state index in [0.29, 0.717) is 24.1 Å². The number of amides is 1. The van der Waals surface area contributed by atoms with Crippen molar-refractivity contribution in [2.75, 3.05) is 6.54 Å². The highest BCUT2D eigenvalue weighted by Crippen LogP contribution is 2.11. The summed E-state index contributed by atoms with van der Waals surface area (Å²) in [6, 6.07) is 6.83. The Morgan fingerprint density at radius 1 is 1.31 bits per heavy atom. The molecule has 0 atom stereocenters. The van der Waals surface area contributed by atoms with Crippen LogP contribution < -0.4 is 5.32 Å². The molecule has 0 aromatic heterocycles. The van der Waals surface area contributed by atoms with Crippen LogP contribution >= 0.6 is 0 Å². The minimum absolute atomic E-state index is 0.0237. The van der Waals surface area contributed by atoms with Gasteiger partial charge in [-0.05, 0) is 6.07 Å². The summed E-state index contributed by atoms with van der Waals surface area (Å²) in [5.41, 5.74) is 0.905. The molecule has 1 aromatic rings. The molecule has 0 saturated heterocycles. The van der Waals surface area contributed by atoms with Gasteiger partial charge in [0.05, 0.1) is 5.56 Å². The van der Waals surface area contributed by atoms with E-state index in [-0.39, 0.29) is 11.7 Å². The Balaban J connectivity index is 2.98. The molecule has 0 heterocycles. The molecule has 0 saturated carbocycles. The van der Waals surface area contributed by atoms with E-state index in [2.05, 4.69) is 11.9 Å². The fraction of sp³-hybridized carbons (Fsp3) is 0.231. The molecule has 1 N–H and O–H groups in total. The van der Waals surface area contributed by atoms with Crippen LogP contribution in [-0.2, 0) is 0 Å². The van der Waals surface area contributed by atoms with Gasteiger partial charge in [-0.1, -0.05) is 31.2 Å². The molecule has 1 aromatic carbocycles. The molecule has 0 aliphatic rings. The average molecular weight is 217 g/mol. The summed E-state index contributed by atoms with van der Waals surface area (Å²) in [4.78, 5) is 23.3. The van der Waals surface area contributed by atoms with Crippen LogP contribution in [0.5, 0.6) is 0 Å². The van der Waals surface area contributed by atoms with E-state index in [4.69, 9.17) is 0 Å². The number of hydrogen-bond acceptors (Lipinski definition) is 2. The van der Waals surface area contributed by atoms with Crippen molar-refractivity contribution in [2.45, 2.75) is 13.3 Å². The Hall–Kier alpha value is -1.90. The summed E-state index contributed by atoms with van der Waals surface area (Å²) < 4.78 is 0. The molecule has 84 valence electrons. The smallest absolute Gasteiger partial charge is 0.252 e. The summed E-state index contributed by atoms with van der Waals surface area (Å²) >= 11 is 0. The van der Waals surface area contributed by atoms with Crippen LogP contribution in [0.3, 0.4) is 0 Å². The average Bonchev–Trinajstić information content (AvgIpc) is 2.35. The lowest BCUT2D eigenvalue weighted by Crippen LogP contribution is -2.25. The molecule has 3 heteroatoms. The molecule has 16 heavy (non-hydrogen) atoms. The number of carbonyl (C=O) groups is 2. The van der Waals surface area contributed by atoms with Gasteiger partial charge in [-0.3, -0.25) is 9.59 Å². The first-order valence-corrected chi connectivity index (χ1v) is 5.22. The maximum Gasteiger partial charge on any atom is 0.252 e. The van der Waals surface area contributed by atoms with Gasteiger partial charge in [0.2, 0.25) is 0 Å².